The number of benzene rings is 2. The average molecular weight is 525 g/mol. The third-order valence-electron chi connectivity index (χ3n) is 6.51. The first kappa shape index (κ1) is 25.4. The maximum absolute atomic E-state index is 14.2. The average Bonchev–Trinajstić information content (AvgIpc) is 3.23. The van der Waals surface area contributed by atoms with Crippen LogP contribution in [0.5, 0.6) is 0 Å². The Hall–Kier alpha value is -2.68. The summed E-state index contributed by atoms with van der Waals surface area (Å²) in [5.41, 5.74) is -1.73. The van der Waals surface area contributed by atoms with E-state index in [1.807, 2.05) is 20.8 Å². The number of rotatable bonds is 3. The van der Waals surface area contributed by atoms with E-state index in [0.29, 0.717) is 15.6 Å². The van der Waals surface area contributed by atoms with E-state index in [2.05, 4.69) is 5.16 Å². The number of aromatic nitrogens is 1. The van der Waals surface area contributed by atoms with E-state index in [0.717, 1.165) is 12.1 Å². The number of likely N-dealkylation sites (tertiary alicyclic amines) is 1. The molecule has 2 aromatic carbocycles. The second kappa shape index (κ2) is 9.08. The van der Waals surface area contributed by atoms with Gasteiger partial charge in [0.05, 0.1) is 33.3 Å². The maximum atomic E-state index is 14.2. The van der Waals surface area contributed by atoms with Gasteiger partial charge in [0, 0.05) is 12.6 Å². The van der Waals surface area contributed by atoms with Crippen LogP contribution in [-0.2, 0) is 5.60 Å². The molecule has 1 unspecified atom stereocenters. The molecule has 10 heteroatoms. The Balaban J connectivity index is 1.93. The maximum Gasteiger partial charge on any atom is 0.407 e. The predicted octanol–water partition coefficient (Wildman–Crippen LogP) is 6.70. The van der Waals surface area contributed by atoms with Gasteiger partial charge in [-0.25, -0.2) is 13.6 Å². The summed E-state index contributed by atoms with van der Waals surface area (Å²) in [5.74, 6) is -2.94. The highest BCUT2D eigenvalue weighted by molar-refractivity contribution is 6.39. The number of hydrogen-bond donors (Lipinski definition) is 2. The fraction of sp³-hybridized carbons (Fsp3) is 0.360. The number of piperidine rings is 1. The van der Waals surface area contributed by atoms with Crippen molar-refractivity contribution >= 4 is 29.3 Å². The van der Waals surface area contributed by atoms with Crippen molar-refractivity contribution in [3.05, 3.63) is 75.4 Å². The van der Waals surface area contributed by atoms with Gasteiger partial charge in [-0.2, -0.15) is 0 Å². The van der Waals surface area contributed by atoms with E-state index in [1.165, 1.54) is 11.0 Å². The number of amides is 1. The minimum Gasteiger partial charge on any atom is -0.465 e. The topological polar surface area (TPSA) is 86.8 Å². The number of aliphatic hydroxyl groups is 1. The van der Waals surface area contributed by atoms with Gasteiger partial charge in [0.15, 0.2) is 17.4 Å². The van der Waals surface area contributed by atoms with E-state index >= 15 is 0 Å². The van der Waals surface area contributed by atoms with E-state index in [4.69, 9.17) is 27.7 Å². The molecular formula is C25H24Cl2F2N2O4. The molecule has 1 aromatic heterocycles. The fourth-order valence-electron chi connectivity index (χ4n) is 4.99. The minimum atomic E-state index is -1.78. The normalized spacial score (nSPS) is 22.9. The van der Waals surface area contributed by atoms with Crippen molar-refractivity contribution in [1.82, 2.24) is 10.1 Å². The number of halogens is 4. The highest BCUT2D eigenvalue weighted by Crippen LogP contribution is 2.52. The second-order valence-electron chi connectivity index (χ2n) is 9.78. The Bertz CT molecular complexity index is 1260. The van der Waals surface area contributed by atoms with Crippen molar-refractivity contribution in [3.8, 4) is 11.3 Å². The van der Waals surface area contributed by atoms with Gasteiger partial charge >= 0.3 is 6.09 Å². The first-order valence-electron chi connectivity index (χ1n) is 10.9. The van der Waals surface area contributed by atoms with Crippen molar-refractivity contribution in [3.63, 3.8) is 0 Å². The Labute approximate surface area is 211 Å². The number of nitrogens with zero attached hydrogens (tertiary/aromatic N) is 2. The molecular weight excluding hydrogens is 501 g/mol. The molecule has 1 amide bonds. The van der Waals surface area contributed by atoms with Gasteiger partial charge in [-0.05, 0) is 41.7 Å². The van der Waals surface area contributed by atoms with Crippen molar-refractivity contribution in [1.29, 1.82) is 0 Å². The lowest BCUT2D eigenvalue weighted by Gasteiger charge is -2.53. The Morgan fingerprint density at radius 1 is 1.14 bits per heavy atom. The fourth-order valence-corrected chi connectivity index (χ4v) is 5.57. The summed E-state index contributed by atoms with van der Waals surface area (Å²) in [6.07, 6.45) is -1.24. The zero-order chi connectivity index (χ0) is 25.7. The molecule has 1 saturated heterocycles. The van der Waals surface area contributed by atoms with Gasteiger partial charge < -0.3 is 19.6 Å². The molecule has 3 atom stereocenters. The summed E-state index contributed by atoms with van der Waals surface area (Å²) in [6, 6.07) is 8.86. The first-order chi connectivity index (χ1) is 16.3. The zero-order valence-electron chi connectivity index (χ0n) is 19.2. The van der Waals surface area contributed by atoms with Crippen LogP contribution >= 0.6 is 23.2 Å². The summed E-state index contributed by atoms with van der Waals surface area (Å²) in [7, 11) is 0. The van der Waals surface area contributed by atoms with Crippen LogP contribution in [0.25, 0.3) is 11.3 Å². The Morgan fingerprint density at radius 2 is 1.80 bits per heavy atom. The third-order valence-corrected chi connectivity index (χ3v) is 7.14. The number of hydrogen-bond acceptors (Lipinski definition) is 4. The van der Waals surface area contributed by atoms with Gasteiger partial charge in [0.1, 0.15) is 5.60 Å². The van der Waals surface area contributed by atoms with Gasteiger partial charge in [-0.15, -0.1) is 0 Å². The van der Waals surface area contributed by atoms with Gasteiger partial charge in [0.2, 0.25) is 0 Å². The number of carbonyl (C=O) groups is 1. The summed E-state index contributed by atoms with van der Waals surface area (Å²) < 4.78 is 33.5. The predicted molar refractivity (Wildman–Crippen MR) is 128 cm³/mol. The minimum absolute atomic E-state index is 0.0235. The molecule has 0 spiro atoms. The molecule has 1 aliphatic heterocycles. The highest BCUT2D eigenvalue weighted by atomic mass is 35.5. The molecule has 2 heterocycles. The van der Waals surface area contributed by atoms with Crippen LogP contribution in [0.1, 0.15) is 44.4 Å². The second-order valence-corrected chi connectivity index (χ2v) is 10.6. The summed E-state index contributed by atoms with van der Waals surface area (Å²) >= 11 is 12.6. The van der Waals surface area contributed by atoms with E-state index in [-0.39, 0.29) is 30.0 Å². The molecule has 0 radical (unpaired) electrons. The number of carboxylic acid groups (broad SMARTS) is 1. The van der Waals surface area contributed by atoms with Crippen LogP contribution in [-0.4, -0.2) is 38.9 Å². The van der Waals surface area contributed by atoms with Gasteiger partial charge in [0.25, 0.3) is 0 Å². The van der Waals surface area contributed by atoms with E-state index in [1.54, 1.807) is 24.3 Å². The molecule has 1 aliphatic rings. The summed E-state index contributed by atoms with van der Waals surface area (Å²) in [6.45, 7) is 5.49. The lowest BCUT2D eigenvalue weighted by atomic mass is 9.64. The van der Waals surface area contributed by atoms with E-state index in [9.17, 15) is 23.8 Å². The standard InChI is InChI=1S/C25H24Cl2F2N2O4/c1-24(2,3)22-21(18-12-19(35-30-18)20-14(26)5-4-6-15(20)27)25(34,9-10-31(22)23(32)33)13-7-8-16(28)17(29)11-13/h4-8,11-12,21-22,34H,9-10H2,1-3H3,(H,32,33)/t21-,22?,25-/m0/s1. The lowest BCUT2D eigenvalue weighted by molar-refractivity contribution is -0.0927. The molecule has 6 nitrogen and oxygen atoms in total. The van der Waals surface area contributed by atoms with Gasteiger partial charge in [-0.3, -0.25) is 0 Å². The van der Waals surface area contributed by atoms with Crippen molar-refractivity contribution in [2.24, 2.45) is 5.41 Å². The molecule has 4 rings (SSSR count). The highest BCUT2D eigenvalue weighted by Gasteiger charge is 2.55. The molecule has 186 valence electrons. The van der Waals surface area contributed by atoms with Crippen molar-refractivity contribution < 1.29 is 28.3 Å². The summed E-state index contributed by atoms with van der Waals surface area (Å²) in [4.78, 5) is 13.5. The SMILES string of the molecule is CC(C)(C)C1[C@H](c2cc(-c3c(Cl)cccc3Cl)on2)[C@@](O)(c2ccc(F)c(F)c2)CCN1C(=O)O. The zero-order valence-corrected chi connectivity index (χ0v) is 20.7. The monoisotopic (exact) mass is 524 g/mol. The molecule has 0 bridgehead atoms. The van der Waals surface area contributed by atoms with Crippen LogP contribution in [0.3, 0.4) is 0 Å². The lowest BCUT2D eigenvalue weighted by Crippen LogP contribution is -2.60. The third kappa shape index (κ3) is 4.50. The Morgan fingerprint density at radius 3 is 2.37 bits per heavy atom. The smallest absolute Gasteiger partial charge is 0.407 e. The quantitative estimate of drug-likeness (QED) is 0.398. The van der Waals surface area contributed by atoms with Crippen LogP contribution in [0, 0.1) is 17.0 Å². The van der Waals surface area contributed by atoms with E-state index < -0.39 is 40.7 Å². The molecule has 2 N–H and O–H groups in total. The largest absolute Gasteiger partial charge is 0.465 e. The van der Waals surface area contributed by atoms with Gasteiger partial charge in [-0.1, -0.05) is 61.3 Å². The van der Waals surface area contributed by atoms with Crippen molar-refractivity contribution in [2.75, 3.05) is 6.54 Å². The van der Waals surface area contributed by atoms with Crippen LogP contribution in [0.15, 0.2) is 47.0 Å². The molecule has 3 aromatic rings. The molecule has 1 fully saturated rings. The van der Waals surface area contributed by atoms with Crippen molar-refractivity contribution in [2.45, 2.75) is 44.8 Å². The Kier molecular flexibility index (Phi) is 6.59. The van der Waals surface area contributed by atoms with Crippen LogP contribution < -0.4 is 0 Å². The first-order valence-corrected chi connectivity index (χ1v) is 11.7. The molecule has 0 saturated carbocycles. The van der Waals surface area contributed by atoms with Crippen LogP contribution in [0.2, 0.25) is 10.0 Å². The molecule has 35 heavy (non-hydrogen) atoms. The van der Waals surface area contributed by atoms with Crippen LogP contribution in [0.4, 0.5) is 13.6 Å². The summed E-state index contributed by atoms with van der Waals surface area (Å²) in [5, 5.41) is 26.8. The molecule has 0 aliphatic carbocycles.